The van der Waals surface area contributed by atoms with Gasteiger partial charge in [0, 0.05) is 36.7 Å². The molecule has 2 aromatic rings. The van der Waals surface area contributed by atoms with Crippen molar-refractivity contribution in [1.82, 2.24) is 4.90 Å². The monoisotopic (exact) mass is 382 g/mol. The predicted octanol–water partition coefficient (Wildman–Crippen LogP) is 2.76. The molecule has 1 saturated heterocycles. The Balaban J connectivity index is 0.00000243. The molecule has 144 valence electrons. The van der Waals surface area contributed by atoms with Crippen molar-refractivity contribution in [1.29, 1.82) is 0 Å². The fourth-order valence-corrected chi connectivity index (χ4v) is 3.21. The number of nitrogens with two attached hydrogens (primary N) is 1. The van der Waals surface area contributed by atoms with Crippen LogP contribution in [0.4, 0.5) is 0 Å². The van der Waals surface area contributed by atoms with Crippen molar-refractivity contribution in [2.75, 3.05) is 33.4 Å². The first-order chi connectivity index (χ1) is 12.2. The van der Waals surface area contributed by atoms with E-state index in [1.807, 2.05) is 23.1 Å². The highest BCUT2D eigenvalue weighted by Gasteiger charge is 2.24. The molecule has 0 unspecified atom stereocenters. The summed E-state index contributed by atoms with van der Waals surface area (Å²) in [4.78, 5) is 14.5. The van der Waals surface area contributed by atoms with E-state index in [9.17, 15) is 4.79 Å². The molecule has 1 aromatic heterocycles. The van der Waals surface area contributed by atoms with E-state index in [2.05, 4.69) is 0 Å². The Labute approximate surface area is 160 Å². The van der Waals surface area contributed by atoms with Crippen LogP contribution in [0.2, 0.25) is 0 Å². The molecule has 2 N–H and O–H groups in total. The van der Waals surface area contributed by atoms with E-state index in [0.29, 0.717) is 19.6 Å². The number of benzene rings is 1. The van der Waals surface area contributed by atoms with E-state index in [4.69, 9.17) is 19.6 Å². The van der Waals surface area contributed by atoms with Crippen LogP contribution >= 0.6 is 12.4 Å². The molecule has 0 aliphatic carbocycles. The van der Waals surface area contributed by atoms with E-state index in [1.54, 1.807) is 13.4 Å². The van der Waals surface area contributed by atoms with Gasteiger partial charge in [-0.25, -0.2) is 0 Å². The maximum Gasteiger partial charge on any atom is 0.227 e. The van der Waals surface area contributed by atoms with E-state index < -0.39 is 0 Å². The van der Waals surface area contributed by atoms with Crippen molar-refractivity contribution >= 4 is 29.3 Å². The van der Waals surface area contributed by atoms with E-state index >= 15 is 0 Å². The molecule has 1 fully saturated rings. The van der Waals surface area contributed by atoms with Gasteiger partial charge in [0.05, 0.1) is 25.9 Å². The zero-order valence-electron chi connectivity index (χ0n) is 15.1. The van der Waals surface area contributed by atoms with Crippen molar-refractivity contribution in [2.24, 2.45) is 5.73 Å². The van der Waals surface area contributed by atoms with Crippen LogP contribution in [0.25, 0.3) is 11.0 Å². The van der Waals surface area contributed by atoms with Gasteiger partial charge >= 0.3 is 0 Å². The third-order valence-electron chi connectivity index (χ3n) is 4.70. The number of ether oxygens (including phenoxy) is 2. The molecule has 2 heterocycles. The number of nitrogens with zero attached hydrogens (tertiary/aromatic N) is 1. The van der Waals surface area contributed by atoms with Gasteiger partial charge in [-0.15, -0.1) is 12.4 Å². The number of rotatable bonds is 7. The summed E-state index contributed by atoms with van der Waals surface area (Å²) in [6.45, 7) is 2.85. The van der Waals surface area contributed by atoms with Crippen LogP contribution in [0.5, 0.6) is 5.75 Å². The number of carbonyl (C=O) groups is 1. The summed E-state index contributed by atoms with van der Waals surface area (Å²) in [5.74, 6) is 0.885. The largest absolute Gasteiger partial charge is 0.497 e. The molecule has 6 nitrogen and oxygen atoms in total. The number of hydrogen-bond acceptors (Lipinski definition) is 5. The second-order valence-corrected chi connectivity index (χ2v) is 6.39. The van der Waals surface area contributed by atoms with Gasteiger partial charge in [0.1, 0.15) is 11.3 Å². The first-order valence-electron chi connectivity index (χ1n) is 8.85. The summed E-state index contributed by atoms with van der Waals surface area (Å²) in [7, 11) is 1.62. The first kappa shape index (κ1) is 20.6. The van der Waals surface area contributed by atoms with Crippen molar-refractivity contribution in [2.45, 2.75) is 31.8 Å². The zero-order chi connectivity index (χ0) is 17.6. The minimum atomic E-state index is 0. The van der Waals surface area contributed by atoms with Gasteiger partial charge < -0.3 is 24.5 Å². The van der Waals surface area contributed by atoms with E-state index in [0.717, 1.165) is 54.6 Å². The van der Waals surface area contributed by atoms with Gasteiger partial charge in [-0.3, -0.25) is 4.79 Å². The molecule has 0 atom stereocenters. The van der Waals surface area contributed by atoms with Crippen LogP contribution in [0.1, 0.15) is 24.8 Å². The summed E-state index contributed by atoms with van der Waals surface area (Å²) < 4.78 is 16.6. The average molecular weight is 383 g/mol. The second-order valence-electron chi connectivity index (χ2n) is 6.39. The molecule has 1 aromatic carbocycles. The molecule has 0 saturated carbocycles. The highest BCUT2D eigenvalue weighted by molar-refractivity contribution is 5.88. The third-order valence-corrected chi connectivity index (χ3v) is 4.70. The number of fused-ring (bicyclic) bond motifs is 1. The molecule has 26 heavy (non-hydrogen) atoms. The van der Waals surface area contributed by atoms with Crippen LogP contribution in [-0.4, -0.2) is 50.3 Å². The highest BCUT2D eigenvalue weighted by atomic mass is 35.5. The van der Waals surface area contributed by atoms with Gasteiger partial charge in [-0.2, -0.15) is 0 Å². The molecule has 7 heteroatoms. The first-order valence-corrected chi connectivity index (χ1v) is 8.85. The standard InChI is InChI=1S/C19H26N2O4.ClH/c1-23-16-3-4-17-14(13-25-18(17)12-16)11-19(22)21-8-5-15(6-9-21)24-10-2-7-20;/h3-4,12-13,15H,2,5-11,20H2,1H3;1H. The number of amides is 1. The minimum absolute atomic E-state index is 0. The van der Waals surface area contributed by atoms with Gasteiger partial charge in [0.15, 0.2) is 0 Å². The van der Waals surface area contributed by atoms with Crippen molar-refractivity contribution in [3.8, 4) is 5.75 Å². The Hall–Kier alpha value is -1.76. The van der Waals surface area contributed by atoms with Crippen LogP contribution in [0.15, 0.2) is 28.9 Å². The fourth-order valence-electron chi connectivity index (χ4n) is 3.21. The molecule has 1 aliphatic rings. The van der Waals surface area contributed by atoms with Gasteiger partial charge in [-0.05, 0) is 37.9 Å². The maximum absolute atomic E-state index is 12.6. The highest BCUT2D eigenvalue weighted by Crippen LogP contribution is 2.26. The molecule has 0 spiro atoms. The lowest BCUT2D eigenvalue weighted by Crippen LogP contribution is -2.41. The average Bonchev–Trinajstić information content (AvgIpc) is 3.04. The Morgan fingerprint density at radius 2 is 2.12 bits per heavy atom. The molecule has 0 radical (unpaired) electrons. The molecular formula is C19H27ClN2O4. The quantitative estimate of drug-likeness (QED) is 0.745. The van der Waals surface area contributed by atoms with Crippen molar-refractivity contribution in [3.63, 3.8) is 0 Å². The van der Waals surface area contributed by atoms with E-state index in [-0.39, 0.29) is 24.4 Å². The van der Waals surface area contributed by atoms with Crippen LogP contribution < -0.4 is 10.5 Å². The number of methoxy groups -OCH3 is 1. The lowest BCUT2D eigenvalue weighted by molar-refractivity contribution is -0.133. The SMILES string of the molecule is COc1ccc2c(CC(=O)N3CCC(OCCCN)CC3)coc2c1.Cl. The predicted molar refractivity (Wildman–Crippen MR) is 103 cm³/mol. The molecular weight excluding hydrogens is 356 g/mol. The number of likely N-dealkylation sites (tertiary alicyclic amines) is 1. The van der Waals surface area contributed by atoms with Crippen molar-refractivity contribution < 1.29 is 18.7 Å². The summed E-state index contributed by atoms with van der Waals surface area (Å²) >= 11 is 0. The Morgan fingerprint density at radius 1 is 1.35 bits per heavy atom. The number of furan rings is 1. The molecule has 3 rings (SSSR count). The topological polar surface area (TPSA) is 77.9 Å². The number of halogens is 1. The lowest BCUT2D eigenvalue weighted by atomic mass is 10.1. The van der Waals surface area contributed by atoms with E-state index in [1.165, 1.54) is 0 Å². The van der Waals surface area contributed by atoms with Crippen LogP contribution in [0, 0.1) is 0 Å². The summed E-state index contributed by atoms with van der Waals surface area (Å²) in [5, 5.41) is 0.967. The van der Waals surface area contributed by atoms with Crippen molar-refractivity contribution in [3.05, 3.63) is 30.0 Å². The van der Waals surface area contributed by atoms with Gasteiger partial charge in [0.2, 0.25) is 5.91 Å². The smallest absolute Gasteiger partial charge is 0.227 e. The third kappa shape index (κ3) is 4.90. The Bertz CT molecular complexity index is 711. The van der Waals surface area contributed by atoms with Gasteiger partial charge in [0.25, 0.3) is 0 Å². The minimum Gasteiger partial charge on any atom is -0.497 e. The second kappa shape index (κ2) is 9.80. The molecule has 1 aliphatic heterocycles. The summed E-state index contributed by atoms with van der Waals surface area (Å²) in [6, 6.07) is 5.67. The summed E-state index contributed by atoms with van der Waals surface area (Å²) in [5.41, 5.74) is 7.14. The van der Waals surface area contributed by atoms with Crippen LogP contribution in [-0.2, 0) is 16.0 Å². The normalized spacial score (nSPS) is 15.1. The number of carbonyl (C=O) groups excluding carboxylic acids is 1. The fraction of sp³-hybridized carbons (Fsp3) is 0.526. The Morgan fingerprint density at radius 3 is 2.81 bits per heavy atom. The number of piperidine rings is 1. The van der Waals surface area contributed by atoms with Gasteiger partial charge in [-0.1, -0.05) is 0 Å². The van der Waals surface area contributed by atoms with Crippen LogP contribution in [0.3, 0.4) is 0 Å². The number of hydrogen-bond donors (Lipinski definition) is 1. The lowest BCUT2D eigenvalue weighted by Gasteiger charge is -2.32. The maximum atomic E-state index is 12.6. The Kier molecular flexibility index (Phi) is 7.75. The molecule has 0 bridgehead atoms. The zero-order valence-corrected chi connectivity index (χ0v) is 15.9. The molecule has 1 amide bonds. The summed E-state index contributed by atoms with van der Waals surface area (Å²) in [6.07, 6.45) is 4.94.